The molecule has 21 heavy (non-hydrogen) atoms. The van der Waals surface area contributed by atoms with Gasteiger partial charge in [-0.2, -0.15) is 0 Å². The third kappa shape index (κ3) is 4.88. The van der Waals surface area contributed by atoms with Gasteiger partial charge in [0.25, 0.3) is 0 Å². The van der Waals surface area contributed by atoms with E-state index in [1.54, 1.807) is 10.9 Å². The van der Waals surface area contributed by atoms with E-state index >= 15 is 0 Å². The minimum atomic E-state index is -0.478. The zero-order chi connectivity index (χ0) is 15.1. The third-order valence-corrected chi connectivity index (χ3v) is 2.79. The first-order valence-corrected chi connectivity index (χ1v) is 6.64. The summed E-state index contributed by atoms with van der Waals surface area (Å²) in [5, 5.41) is 19.2. The van der Waals surface area contributed by atoms with E-state index < -0.39 is 6.09 Å². The van der Waals surface area contributed by atoms with E-state index in [0.29, 0.717) is 12.2 Å². The van der Waals surface area contributed by atoms with Gasteiger partial charge in [0.05, 0.1) is 19.3 Å². The van der Waals surface area contributed by atoms with E-state index in [4.69, 9.17) is 9.84 Å². The van der Waals surface area contributed by atoms with Crippen LogP contribution in [0.4, 0.5) is 4.79 Å². The fourth-order valence-corrected chi connectivity index (χ4v) is 1.79. The van der Waals surface area contributed by atoms with Crippen molar-refractivity contribution in [1.29, 1.82) is 0 Å². The van der Waals surface area contributed by atoms with Gasteiger partial charge in [0.1, 0.15) is 12.3 Å². The molecule has 2 N–H and O–H groups in total. The van der Waals surface area contributed by atoms with E-state index in [-0.39, 0.29) is 19.3 Å². The van der Waals surface area contributed by atoms with Gasteiger partial charge in [0, 0.05) is 6.04 Å². The van der Waals surface area contributed by atoms with Gasteiger partial charge in [0.2, 0.25) is 0 Å². The number of nitrogens with one attached hydrogen (secondary N) is 1. The number of aliphatic hydroxyl groups excluding tert-OH is 1. The Morgan fingerprint density at radius 1 is 1.43 bits per heavy atom. The predicted octanol–water partition coefficient (Wildman–Crippen LogP) is 1.09. The number of ether oxygens (including phenoxy) is 1. The number of alkyl carbamates (subject to hydrolysis) is 1. The number of hydrogen-bond acceptors (Lipinski definition) is 5. The molecule has 1 aromatic heterocycles. The Bertz CT molecular complexity index is 571. The van der Waals surface area contributed by atoms with Crippen LogP contribution in [0.3, 0.4) is 0 Å². The normalized spacial score (nSPS) is 11.9. The summed E-state index contributed by atoms with van der Waals surface area (Å²) in [4.78, 5) is 11.7. The largest absolute Gasteiger partial charge is 0.445 e. The number of nitrogens with zero attached hydrogens (tertiary/aromatic N) is 3. The molecule has 0 aliphatic carbocycles. The fraction of sp³-hybridized carbons (Fsp3) is 0.357. The van der Waals surface area contributed by atoms with Gasteiger partial charge in [-0.25, -0.2) is 4.79 Å². The standard InChI is InChI=1S/C14H18N4O3/c1-11(7-18-8-13(9-19)16-17-18)15-14(20)21-10-12-5-3-2-4-6-12/h2-6,8,11,19H,7,9-10H2,1H3,(H,15,20). The highest BCUT2D eigenvalue weighted by atomic mass is 16.5. The summed E-state index contributed by atoms with van der Waals surface area (Å²) in [7, 11) is 0. The van der Waals surface area contributed by atoms with E-state index in [1.165, 1.54) is 0 Å². The second kappa shape index (κ2) is 7.39. The van der Waals surface area contributed by atoms with Crippen LogP contribution in [-0.2, 0) is 24.5 Å². The first-order chi connectivity index (χ1) is 10.2. The maximum Gasteiger partial charge on any atom is 0.407 e. The Kier molecular flexibility index (Phi) is 5.28. The summed E-state index contributed by atoms with van der Waals surface area (Å²) >= 11 is 0. The first-order valence-electron chi connectivity index (χ1n) is 6.64. The number of rotatable bonds is 6. The first kappa shape index (κ1) is 15.0. The molecule has 1 heterocycles. The van der Waals surface area contributed by atoms with Crippen LogP contribution >= 0.6 is 0 Å². The molecule has 1 aromatic carbocycles. The van der Waals surface area contributed by atoms with Crippen LogP contribution in [0, 0.1) is 0 Å². The summed E-state index contributed by atoms with van der Waals surface area (Å²) in [5.74, 6) is 0. The lowest BCUT2D eigenvalue weighted by Gasteiger charge is -2.13. The zero-order valence-corrected chi connectivity index (χ0v) is 11.8. The third-order valence-electron chi connectivity index (χ3n) is 2.79. The van der Waals surface area contributed by atoms with Crippen molar-refractivity contribution >= 4 is 6.09 Å². The molecule has 1 atom stereocenters. The number of carbonyl (C=O) groups excluding carboxylic acids is 1. The number of amides is 1. The average Bonchev–Trinajstić information content (AvgIpc) is 2.93. The summed E-state index contributed by atoms with van der Waals surface area (Å²) in [6.45, 7) is 2.37. The number of hydrogen-bond donors (Lipinski definition) is 2. The molecule has 1 amide bonds. The van der Waals surface area contributed by atoms with E-state index in [1.807, 2.05) is 37.3 Å². The Balaban J connectivity index is 1.74. The minimum Gasteiger partial charge on any atom is -0.445 e. The van der Waals surface area contributed by atoms with Crippen molar-refractivity contribution in [3.05, 3.63) is 47.8 Å². The van der Waals surface area contributed by atoms with Gasteiger partial charge in [-0.05, 0) is 12.5 Å². The highest BCUT2D eigenvalue weighted by Crippen LogP contribution is 2.01. The lowest BCUT2D eigenvalue weighted by Crippen LogP contribution is -2.36. The zero-order valence-electron chi connectivity index (χ0n) is 11.8. The van der Waals surface area contributed by atoms with Gasteiger partial charge in [-0.1, -0.05) is 35.5 Å². The van der Waals surface area contributed by atoms with Crippen molar-refractivity contribution in [3.8, 4) is 0 Å². The smallest absolute Gasteiger partial charge is 0.407 e. The summed E-state index contributed by atoms with van der Waals surface area (Å²) in [6.07, 6.45) is 1.15. The van der Waals surface area contributed by atoms with Crippen molar-refractivity contribution in [2.45, 2.75) is 32.7 Å². The minimum absolute atomic E-state index is 0.152. The lowest BCUT2D eigenvalue weighted by atomic mass is 10.2. The molecular weight excluding hydrogens is 272 g/mol. The van der Waals surface area contributed by atoms with Gasteiger partial charge < -0.3 is 15.2 Å². The molecule has 0 spiro atoms. The Morgan fingerprint density at radius 3 is 2.86 bits per heavy atom. The predicted molar refractivity (Wildman–Crippen MR) is 75.2 cm³/mol. The van der Waals surface area contributed by atoms with E-state index in [9.17, 15) is 4.79 Å². The van der Waals surface area contributed by atoms with Crippen LogP contribution in [-0.4, -0.2) is 32.2 Å². The van der Waals surface area contributed by atoms with Crippen LogP contribution in [0.1, 0.15) is 18.2 Å². The van der Waals surface area contributed by atoms with Crippen LogP contribution in [0.5, 0.6) is 0 Å². The quantitative estimate of drug-likeness (QED) is 0.831. The number of aromatic nitrogens is 3. The van der Waals surface area contributed by atoms with E-state index in [0.717, 1.165) is 5.56 Å². The molecule has 2 aromatic rings. The van der Waals surface area contributed by atoms with Crippen LogP contribution in [0.2, 0.25) is 0 Å². The molecule has 0 aliphatic rings. The maximum absolute atomic E-state index is 11.7. The molecule has 0 saturated carbocycles. The van der Waals surface area contributed by atoms with Crippen LogP contribution in [0.25, 0.3) is 0 Å². The molecule has 0 fully saturated rings. The molecule has 7 nitrogen and oxygen atoms in total. The van der Waals surface area contributed by atoms with Gasteiger partial charge >= 0.3 is 6.09 Å². The topological polar surface area (TPSA) is 89.3 Å². The summed E-state index contributed by atoms with van der Waals surface area (Å²) in [6, 6.07) is 9.31. The molecule has 0 bridgehead atoms. The van der Waals surface area contributed by atoms with Crippen LogP contribution in [0.15, 0.2) is 36.5 Å². The Hall–Kier alpha value is -2.41. The number of aliphatic hydroxyl groups is 1. The molecule has 112 valence electrons. The van der Waals surface area contributed by atoms with Crippen molar-refractivity contribution in [2.24, 2.45) is 0 Å². The van der Waals surface area contributed by atoms with Gasteiger partial charge in [-0.15, -0.1) is 5.10 Å². The fourth-order valence-electron chi connectivity index (χ4n) is 1.79. The van der Waals surface area contributed by atoms with Gasteiger partial charge in [-0.3, -0.25) is 4.68 Å². The molecule has 2 rings (SSSR count). The maximum atomic E-state index is 11.7. The Labute approximate surface area is 122 Å². The van der Waals surface area contributed by atoms with Crippen molar-refractivity contribution in [2.75, 3.05) is 0 Å². The number of carbonyl (C=O) groups is 1. The highest BCUT2D eigenvalue weighted by Gasteiger charge is 2.10. The Morgan fingerprint density at radius 2 is 2.19 bits per heavy atom. The second-order valence-corrected chi connectivity index (χ2v) is 4.70. The molecule has 1 unspecified atom stereocenters. The SMILES string of the molecule is CC(Cn1cc(CO)nn1)NC(=O)OCc1ccccc1. The van der Waals surface area contributed by atoms with Crippen molar-refractivity contribution in [3.63, 3.8) is 0 Å². The summed E-state index contributed by atoms with van der Waals surface area (Å²) in [5.41, 5.74) is 1.43. The number of benzene rings is 1. The van der Waals surface area contributed by atoms with Gasteiger partial charge in [0.15, 0.2) is 0 Å². The molecular formula is C14H18N4O3. The second-order valence-electron chi connectivity index (χ2n) is 4.70. The molecule has 0 aliphatic heterocycles. The highest BCUT2D eigenvalue weighted by molar-refractivity contribution is 5.67. The summed E-state index contributed by atoms with van der Waals surface area (Å²) < 4.78 is 6.69. The molecule has 7 heteroatoms. The monoisotopic (exact) mass is 290 g/mol. The lowest BCUT2D eigenvalue weighted by molar-refractivity contribution is 0.135. The van der Waals surface area contributed by atoms with Crippen molar-refractivity contribution in [1.82, 2.24) is 20.3 Å². The van der Waals surface area contributed by atoms with Crippen LogP contribution < -0.4 is 5.32 Å². The van der Waals surface area contributed by atoms with Crippen molar-refractivity contribution < 1.29 is 14.6 Å². The molecule has 0 radical (unpaired) electrons. The van der Waals surface area contributed by atoms with E-state index in [2.05, 4.69) is 15.6 Å². The molecule has 0 saturated heterocycles. The average molecular weight is 290 g/mol.